The Kier molecular flexibility index (Phi) is 6.21. The van der Waals surface area contributed by atoms with E-state index in [4.69, 9.17) is 9.47 Å². The van der Waals surface area contributed by atoms with Crippen LogP contribution in [-0.2, 0) is 4.74 Å². The van der Waals surface area contributed by atoms with Gasteiger partial charge in [-0.2, -0.15) is 0 Å². The lowest BCUT2D eigenvalue weighted by molar-refractivity contribution is -0.272. The van der Waals surface area contributed by atoms with E-state index in [0.29, 0.717) is 17.7 Å². The SMILES string of the molecule is CC[C@@H]1O[C@H](Oc2ccc(/C=C/c3cc(O)cc(O)c3)cc2)[C@@H](O)[C@H](O)[C@H]1O. The second kappa shape index (κ2) is 8.62. The summed E-state index contributed by atoms with van der Waals surface area (Å²) in [6, 6.07) is 11.3. The van der Waals surface area contributed by atoms with E-state index in [1.54, 1.807) is 36.4 Å². The molecule has 0 aromatic heterocycles. The first kappa shape index (κ1) is 20.2. The van der Waals surface area contributed by atoms with Gasteiger partial charge in [0.25, 0.3) is 0 Å². The summed E-state index contributed by atoms with van der Waals surface area (Å²) in [4.78, 5) is 0. The maximum absolute atomic E-state index is 10.1. The van der Waals surface area contributed by atoms with Crippen molar-refractivity contribution >= 4 is 12.2 Å². The van der Waals surface area contributed by atoms with E-state index in [-0.39, 0.29) is 11.5 Å². The molecule has 0 radical (unpaired) electrons. The van der Waals surface area contributed by atoms with Crippen LogP contribution >= 0.6 is 0 Å². The van der Waals surface area contributed by atoms with Gasteiger partial charge in [0, 0.05) is 6.07 Å². The fourth-order valence-corrected chi connectivity index (χ4v) is 3.05. The van der Waals surface area contributed by atoms with Gasteiger partial charge in [-0.3, -0.25) is 0 Å². The molecule has 7 heteroatoms. The zero-order valence-corrected chi connectivity index (χ0v) is 15.3. The van der Waals surface area contributed by atoms with E-state index < -0.39 is 30.7 Å². The minimum Gasteiger partial charge on any atom is -0.508 e. The molecule has 5 atom stereocenters. The molecule has 150 valence electrons. The summed E-state index contributed by atoms with van der Waals surface area (Å²) in [6.07, 6.45) is -1.56. The molecule has 0 spiro atoms. The van der Waals surface area contributed by atoms with Crippen molar-refractivity contribution in [2.75, 3.05) is 0 Å². The van der Waals surface area contributed by atoms with Gasteiger partial charge < -0.3 is 35.0 Å². The van der Waals surface area contributed by atoms with Gasteiger partial charge in [-0.25, -0.2) is 0 Å². The molecule has 0 amide bonds. The van der Waals surface area contributed by atoms with E-state index in [9.17, 15) is 25.5 Å². The first-order valence-electron chi connectivity index (χ1n) is 9.05. The Labute approximate surface area is 162 Å². The highest BCUT2D eigenvalue weighted by molar-refractivity contribution is 5.71. The summed E-state index contributed by atoms with van der Waals surface area (Å²) in [5.41, 5.74) is 1.50. The Balaban J connectivity index is 1.66. The molecule has 2 aromatic carbocycles. The van der Waals surface area contributed by atoms with Crippen molar-refractivity contribution in [2.45, 2.75) is 44.1 Å². The highest BCUT2D eigenvalue weighted by Gasteiger charge is 2.44. The predicted molar refractivity (Wildman–Crippen MR) is 103 cm³/mol. The fraction of sp³-hybridized carbons (Fsp3) is 0.333. The van der Waals surface area contributed by atoms with Crippen molar-refractivity contribution in [3.63, 3.8) is 0 Å². The van der Waals surface area contributed by atoms with E-state index in [1.807, 2.05) is 6.92 Å². The van der Waals surface area contributed by atoms with Crippen molar-refractivity contribution < 1.29 is 35.0 Å². The molecule has 1 aliphatic heterocycles. The van der Waals surface area contributed by atoms with E-state index in [2.05, 4.69) is 0 Å². The second-order valence-corrected chi connectivity index (χ2v) is 6.73. The molecule has 0 saturated carbocycles. The average Bonchev–Trinajstić information content (AvgIpc) is 2.67. The molecule has 0 bridgehead atoms. The number of hydrogen-bond donors (Lipinski definition) is 5. The van der Waals surface area contributed by atoms with Gasteiger partial charge in [-0.05, 0) is 41.8 Å². The third kappa shape index (κ3) is 4.63. The minimum absolute atomic E-state index is 0.0212. The smallest absolute Gasteiger partial charge is 0.229 e. The highest BCUT2D eigenvalue weighted by atomic mass is 16.7. The molecule has 2 aromatic rings. The lowest BCUT2D eigenvalue weighted by Gasteiger charge is -2.40. The topological polar surface area (TPSA) is 120 Å². The molecule has 0 unspecified atom stereocenters. The summed E-state index contributed by atoms with van der Waals surface area (Å²) in [5, 5.41) is 48.9. The van der Waals surface area contributed by atoms with E-state index >= 15 is 0 Å². The molecule has 3 rings (SSSR count). The lowest BCUT2D eigenvalue weighted by Crippen LogP contribution is -2.58. The van der Waals surface area contributed by atoms with Gasteiger partial charge in [0.2, 0.25) is 6.29 Å². The minimum atomic E-state index is -1.36. The van der Waals surface area contributed by atoms with Gasteiger partial charge in [0.1, 0.15) is 35.6 Å². The number of aliphatic hydroxyl groups is 3. The third-order valence-corrected chi connectivity index (χ3v) is 4.60. The number of aromatic hydroxyl groups is 2. The largest absolute Gasteiger partial charge is 0.508 e. The summed E-state index contributed by atoms with van der Waals surface area (Å²) in [5.74, 6) is 0.397. The van der Waals surface area contributed by atoms with Gasteiger partial charge in [-0.1, -0.05) is 31.2 Å². The van der Waals surface area contributed by atoms with Gasteiger partial charge >= 0.3 is 0 Å². The Morgan fingerprint density at radius 1 is 0.857 bits per heavy atom. The normalized spacial score (nSPS) is 27.8. The van der Waals surface area contributed by atoms with Gasteiger partial charge in [-0.15, -0.1) is 0 Å². The van der Waals surface area contributed by atoms with Crippen molar-refractivity contribution in [3.05, 3.63) is 53.6 Å². The molecule has 7 nitrogen and oxygen atoms in total. The van der Waals surface area contributed by atoms with Gasteiger partial charge in [0.15, 0.2) is 0 Å². The third-order valence-electron chi connectivity index (χ3n) is 4.60. The van der Waals surface area contributed by atoms with Crippen molar-refractivity contribution in [2.24, 2.45) is 0 Å². The van der Waals surface area contributed by atoms with Crippen molar-refractivity contribution in [1.82, 2.24) is 0 Å². The Morgan fingerprint density at radius 3 is 2.07 bits per heavy atom. The number of phenolic OH excluding ortho intramolecular Hbond substituents is 2. The summed E-state index contributed by atoms with van der Waals surface area (Å²) < 4.78 is 11.2. The van der Waals surface area contributed by atoms with Gasteiger partial charge in [0.05, 0.1) is 6.10 Å². The summed E-state index contributed by atoms with van der Waals surface area (Å²) in [6.45, 7) is 1.81. The highest BCUT2D eigenvalue weighted by Crippen LogP contribution is 2.26. The Morgan fingerprint density at radius 2 is 1.46 bits per heavy atom. The standard InChI is InChI=1S/C21H24O7/c1-2-17-18(24)19(25)20(26)21(28-17)27-16-7-5-12(6-8-16)3-4-13-9-14(22)11-15(23)10-13/h3-11,17-26H,2H2,1H3/b4-3+/t17-,18-,19+,20-,21-/m0/s1. The monoisotopic (exact) mass is 388 g/mol. The number of benzene rings is 2. The maximum Gasteiger partial charge on any atom is 0.229 e. The van der Waals surface area contributed by atoms with Crippen LogP contribution in [0.15, 0.2) is 42.5 Å². The molecule has 0 aliphatic carbocycles. The van der Waals surface area contributed by atoms with Crippen LogP contribution in [0.3, 0.4) is 0 Å². The fourth-order valence-electron chi connectivity index (χ4n) is 3.05. The second-order valence-electron chi connectivity index (χ2n) is 6.73. The maximum atomic E-state index is 10.1. The molecule has 5 N–H and O–H groups in total. The number of ether oxygens (including phenoxy) is 2. The zero-order valence-electron chi connectivity index (χ0n) is 15.3. The molecule has 1 heterocycles. The quantitative estimate of drug-likeness (QED) is 0.496. The average molecular weight is 388 g/mol. The lowest BCUT2D eigenvalue weighted by atomic mass is 9.97. The first-order valence-corrected chi connectivity index (χ1v) is 9.05. The Hall–Kier alpha value is -2.58. The van der Waals surface area contributed by atoms with Crippen LogP contribution < -0.4 is 4.74 Å². The van der Waals surface area contributed by atoms with Crippen LogP contribution in [0.5, 0.6) is 17.2 Å². The molecule has 28 heavy (non-hydrogen) atoms. The van der Waals surface area contributed by atoms with Crippen LogP contribution in [0.25, 0.3) is 12.2 Å². The summed E-state index contributed by atoms with van der Waals surface area (Å²) in [7, 11) is 0. The number of aliphatic hydroxyl groups excluding tert-OH is 3. The number of rotatable bonds is 5. The van der Waals surface area contributed by atoms with Crippen LogP contribution in [0.1, 0.15) is 24.5 Å². The van der Waals surface area contributed by atoms with Crippen molar-refractivity contribution in [3.8, 4) is 17.2 Å². The predicted octanol–water partition coefficient (Wildman–Crippen LogP) is 1.86. The number of phenols is 2. The van der Waals surface area contributed by atoms with Crippen LogP contribution in [0.2, 0.25) is 0 Å². The zero-order chi connectivity index (χ0) is 20.3. The molecular formula is C21H24O7. The Bertz CT molecular complexity index is 796. The van der Waals surface area contributed by atoms with Crippen molar-refractivity contribution in [1.29, 1.82) is 0 Å². The molecule has 1 aliphatic rings. The molecular weight excluding hydrogens is 364 g/mol. The summed E-state index contributed by atoms with van der Waals surface area (Å²) >= 11 is 0. The van der Waals surface area contributed by atoms with E-state index in [0.717, 1.165) is 5.56 Å². The molecule has 1 fully saturated rings. The van der Waals surface area contributed by atoms with Crippen LogP contribution in [0, 0.1) is 0 Å². The van der Waals surface area contributed by atoms with Crippen LogP contribution in [-0.4, -0.2) is 56.2 Å². The number of hydrogen-bond acceptors (Lipinski definition) is 7. The molecule has 1 saturated heterocycles. The van der Waals surface area contributed by atoms with E-state index in [1.165, 1.54) is 18.2 Å². The first-order chi connectivity index (χ1) is 13.4. The van der Waals surface area contributed by atoms with Crippen LogP contribution in [0.4, 0.5) is 0 Å².